The summed E-state index contributed by atoms with van der Waals surface area (Å²) in [5.74, 6) is 0. The Morgan fingerprint density at radius 2 is 1.76 bits per heavy atom. The maximum atomic E-state index is 12.5. The lowest BCUT2D eigenvalue weighted by Crippen LogP contribution is -2.15. The molecule has 0 aliphatic heterocycles. The van der Waals surface area contributed by atoms with Crippen molar-refractivity contribution in [1.29, 1.82) is 0 Å². The van der Waals surface area contributed by atoms with Crippen LogP contribution in [0.25, 0.3) is 0 Å². The monoisotopic (exact) mass is 304 g/mol. The molecule has 2 rings (SSSR count). The Hall–Kier alpha value is -1.85. The lowest BCUT2D eigenvalue weighted by atomic mass is 10.1. The van der Waals surface area contributed by atoms with Gasteiger partial charge in [0.1, 0.15) is 0 Å². The average molecular weight is 304 g/mol. The molecule has 0 bridgehead atoms. The zero-order valence-electron chi connectivity index (χ0n) is 12.4. The number of anilines is 1. The van der Waals surface area contributed by atoms with Gasteiger partial charge in [0.2, 0.25) is 0 Å². The van der Waals surface area contributed by atoms with Crippen molar-refractivity contribution < 1.29 is 8.42 Å². The first-order valence-corrected chi connectivity index (χ1v) is 8.24. The molecule has 0 aliphatic carbocycles. The fourth-order valence-corrected chi connectivity index (χ4v) is 3.21. The van der Waals surface area contributed by atoms with Crippen molar-refractivity contribution in [2.45, 2.75) is 31.7 Å². The predicted octanol–water partition coefficient (Wildman–Crippen LogP) is 3.12. The van der Waals surface area contributed by atoms with Gasteiger partial charge in [0.25, 0.3) is 10.0 Å². The Labute approximate surface area is 126 Å². The highest BCUT2D eigenvalue weighted by molar-refractivity contribution is 7.92. The molecule has 112 valence electrons. The summed E-state index contributed by atoms with van der Waals surface area (Å²) < 4.78 is 27.6. The van der Waals surface area contributed by atoms with Gasteiger partial charge in [-0.15, -0.1) is 0 Å². The van der Waals surface area contributed by atoms with Crippen molar-refractivity contribution in [3.8, 4) is 0 Å². The van der Waals surface area contributed by atoms with Crippen molar-refractivity contribution in [3.63, 3.8) is 0 Å². The smallest absolute Gasteiger partial charge is 0.261 e. The Bertz CT molecular complexity index is 753. The molecule has 1 unspecified atom stereocenters. The third kappa shape index (κ3) is 3.43. The summed E-state index contributed by atoms with van der Waals surface area (Å²) in [6, 6.07) is 12.0. The summed E-state index contributed by atoms with van der Waals surface area (Å²) >= 11 is 0. The highest BCUT2D eigenvalue weighted by Crippen LogP contribution is 2.23. The molecular weight excluding hydrogens is 284 g/mol. The molecule has 0 aliphatic rings. The minimum absolute atomic E-state index is 0.208. The zero-order valence-corrected chi connectivity index (χ0v) is 13.2. The number of aryl methyl sites for hydroxylation is 1. The summed E-state index contributed by atoms with van der Waals surface area (Å²) in [6.45, 7) is 5.67. The summed E-state index contributed by atoms with van der Waals surface area (Å²) in [5, 5.41) is 0. The lowest BCUT2D eigenvalue weighted by Gasteiger charge is -2.13. The van der Waals surface area contributed by atoms with Crippen LogP contribution in [-0.2, 0) is 10.0 Å². The van der Waals surface area contributed by atoms with E-state index in [2.05, 4.69) is 4.72 Å². The number of nitrogens with two attached hydrogens (primary N) is 1. The van der Waals surface area contributed by atoms with Gasteiger partial charge < -0.3 is 5.73 Å². The maximum absolute atomic E-state index is 12.5. The van der Waals surface area contributed by atoms with Crippen LogP contribution in [-0.4, -0.2) is 8.42 Å². The van der Waals surface area contributed by atoms with E-state index in [0.717, 1.165) is 16.7 Å². The van der Waals surface area contributed by atoms with Crippen molar-refractivity contribution in [2.75, 3.05) is 4.72 Å². The molecule has 0 amide bonds. The molecule has 0 saturated heterocycles. The molecule has 0 aromatic heterocycles. The molecule has 2 aromatic rings. The molecule has 4 nitrogen and oxygen atoms in total. The molecular formula is C16H20N2O2S. The number of hydrogen-bond acceptors (Lipinski definition) is 3. The Morgan fingerprint density at radius 3 is 2.43 bits per heavy atom. The van der Waals surface area contributed by atoms with E-state index in [0.29, 0.717) is 5.69 Å². The highest BCUT2D eigenvalue weighted by Gasteiger charge is 2.16. The average Bonchev–Trinajstić information content (AvgIpc) is 2.44. The van der Waals surface area contributed by atoms with E-state index in [1.165, 1.54) is 0 Å². The molecule has 0 radical (unpaired) electrons. The standard InChI is InChI=1S/C16H20N2O2S/c1-11-6-4-9-16(12(11)2)18-21(19,20)15-8-5-7-14(10-15)13(3)17/h4-10,13,18H,17H2,1-3H3. The topological polar surface area (TPSA) is 72.2 Å². The first-order chi connectivity index (χ1) is 9.81. The van der Waals surface area contributed by atoms with Crippen LogP contribution in [0.4, 0.5) is 5.69 Å². The van der Waals surface area contributed by atoms with Crippen LogP contribution < -0.4 is 10.5 Å². The minimum Gasteiger partial charge on any atom is -0.324 e. The van der Waals surface area contributed by atoms with E-state index in [4.69, 9.17) is 5.73 Å². The first kappa shape index (κ1) is 15.5. The van der Waals surface area contributed by atoms with Crippen LogP contribution >= 0.6 is 0 Å². The van der Waals surface area contributed by atoms with Gasteiger partial charge in [0.15, 0.2) is 0 Å². The second-order valence-electron chi connectivity index (χ2n) is 5.21. The van der Waals surface area contributed by atoms with Crippen LogP contribution in [0.5, 0.6) is 0 Å². The molecule has 3 N–H and O–H groups in total. The second-order valence-corrected chi connectivity index (χ2v) is 6.90. The van der Waals surface area contributed by atoms with Crippen LogP contribution in [0.2, 0.25) is 0 Å². The highest BCUT2D eigenvalue weighted by atomic mass is 32.2. The summed E-state index contributed by atoms with van der Waals surface area (Å²) in [5.41, 5.74) is 9.16. The van der Waals surface area contributed by atoms with Crippen molar-refractivity contribution in [3.05, 3.63) is 59.2 Å². The molecule has 21 heavy (non-hydrogen) atoms. The van der Waals surface area contributed by atoms with Crippen LogP contribution in [0.15, 0.2) is 47.4 Å². The van der Waals surface area contributed by atoms with Crippen molar-refractivity contribution >= 4 is 15.7 Å². The van der Waals surface area contributed by atoms with Gasteiger partial charge >= 0.3 is 0 Å². The Morgan fingerprint density at radius 1 is 1.10 bits per heavy atom. The van der Waals surface area contributed by atoms with Crippen molar-refractivity contribution in [1.82, 2.24) is 0 Å². The summed E-state index contributed by atoms with van der Waals surface area (Å²) in [6.07, 6.45) is 0. The first-order valence-electron chi connectivity index (χ1n) is 6.76. The van der Waals surface area contributed by atoms with Gasteiger partial charge in [-0.3, -0.25) is 4.72 Å². The van der Waals surface area contributed by atoms with E-state index in [9.17, 15) is 8.42 Å². The van der Waals surface area contributed by atoms with E-state index >= 15 is 0 Å². The third-order valence-corrected chi connectivity index (χ3v) is 4.91. The SMILES string of the molecule is Cc1cccc(NS(=O)(=O)c2cccc(C(C)N)c2)c1C. The Balaban J connectivity index is 2.39. The van der Waals surface area contributed by atoms with Gasteiger partial charge in [-0.1, -0.05) is 24.3 Å². The molecule has 2 aromatic carbocycles. The minimum atomic E-state index is -3.61. The number of benzene rings is 2. The normalized spacial score (nSPS) is 13.0. The van der Waals surface area contributed by atoms with Gasteiger partial charge in [0, 0.05) is 6.04 Å². The number of nitrogens with one attached hydrogen (secondary N) is 1. The van der Waals surface area contributed by atoms with Crippen LogP contribution in [0.3, 0.4) is 0 Å². The molecule has 0 heterocycles. The molecule has 0 spiro atoms. The summed E-state index contributed by atoms with van der Waals surface area (Å²) in [4.78, 5) is 0.221. The van der Waals surface area contributed by atoms with Crippen LogP contribution in [0, 0.1) is 13.8 Å². The van der Waals surface area contributed by atoms with Gasteiger partial charge in [0.05, 0.1) is 10.6 Å². The lowest BCUT2D eigenvalue weighted by molar-refractivity contribution is 0.601. The quantitative estimate of drug-likeness (QED) is 0.911. The fraction of sp³-hybridized carbons (Fsp3) is 0.250. The second kappa shape index (κ2) is 5.87. The Kier molecular flexibility index (Phi) is 4.34. The van der Waals surface area contributed by atoms with Gasteiger partial charge in [-0.05, 0) is 55.7 Å². The molecule has 5 heteroatoms. The molecule has 0 fully saturated rings. The molecule has 1 atom stereocenters. The van der Waals surface area contributed by atoms with E-state index < -0.39 is 10.0 Å². The third-order valence-electron chi connectivity index (χ3n) is 3.54. The van der Waals surface area contributed by atoms with Crippen molar-refractivity contribution in [2.24, 2.45) is 5.73 Å². The van der Waals surface area contributed by atoms with E-state index in [1.54, 1.807) is 24.3 Å². The van der Waals surface area contributed by atoms with Gasteiger partial charge in [-0.25, -0.2) is 8.42 Å². The number of hydrogen-bond donors (Lipinski definition) is 2. The zero-order chi connectivity index (χ0) is 15.6. The fourth-order valence-electron chi connectivity index (χ4n) is 2.03. The largest absolute Gasteiger partial charge is 0.324 e. The summed E-state index contributed by atoms with van der Waals surface area (Å²) in [7, 11) is -3.61. The predicted molar refractivity (Wildman–Crippen MR) is 85.8 cm³/mol. The number of rotatable bonds is 4. The van der Waals surface area contributed by atoms with E-state index in [1.807, 2.05) is 39.0 Å². The number of sulfonamides is 1. The van der Waals surface area contributed by atoms with Gasteiger partial charge in [-0.2, -0.15) is 0 Å². The van der Waals surface area contributed by atoms with Crippen LogP contribution in [0.1, 0.15) is 29.7 Å². The van der Waals surface area contributed by atoms with E-state index in [-0.39, 0.29) is 10.9 Å². The molecule has 0 saturated carbocycles. The maximum Gasteiger partial charge on any atom is 0.261 e.